The number of aldehydes is 1. The Morgan fingerprint density at radius 3 is 1.88 bits per heavy atom. The van der Waals surface area contributed by atoms with Crippen molar-refractivity contribution >= 4 is 17.6 Å². The van der Waals surface area contributed by atoms with Crippen LogP contribution in [0.2, 0.25) is 0 Å². The highest BCUT2D eigenvalue weighted by molar-refractivity contribution is 7.07. The van der Waals surface area contributed by atoms with Crippen LogP contribution in [-0.2, 0) is 4.79 Å². The molecule has 1 aromatic heterocycles. The fourth-order valence-electron chi connectivity index (χ4n) is 0.227. The molecule has 0 amide bonds. The van der Waals surface area contributed by atoms with Gasteiger partial charge in [-0.05, 0) is 17.7 Å². The number of rotatable bonds is 0. The molecule has 0 N–H and O–H groups in total. The van der Waals surface area contributed by atoms with E-state index in [1.807, 2.05) is 22.9 Å². The van der Waals surface area contributed by atoms with Crippen LogP contribution in [0.3, 0.4) is 0 Å². The molecule has 0 bridgehead atoms. The second-order valence-corrected chi connectivity index (χ2v) is 1.85. The zero-order valence-electron chi connectivity index (χ0n) is 4.70. The van der Waals surface area contributed by atoms with Gasteiger partial charge in [0.2, 0.25) is 0 Å². The largest absolute Gasteiger partial charge is 0.304 e. The third-order valence-electron chi connectivity index (χ3n) is 0.425. The van der Waals surface area contributed by atoms with Crippen LogP contribution in [0.4, 0.5) is 0 Å². The van der Waals surface area contributed by atoms with E-state index in [1.165, 1.54) is 6.92 Å². The summed E-state index contributed by atoms with van der Waals surface area (Å²) < 4.78 is 0. The van der Waals surface area contributed by atoms with Crippen LogP contribution < -0.4 is 0 Å². The van der Waals surface area contributed by atoms with Crippen molar-refractivity contribution in [2.75, 3.05) is 0 Å². The van der Waals surface area contributed by atoms with Gasteiger partial charge in [0.05, 0.1) is 0 Å². The van der Waals surface area contributed by atoms with Gasteiger partial charge in [-0.3, -0.25) is 0 Å². The van der Waals surface area contributed by atoms with Crippen molar-refractivity contribution in [3.63, 3.8) is 0 Å². The molecule has 1 heterocycles. The van der Waals surface area contributed by atoms with Crippen LogP contribution in [0.15, 0.2) is 22.9 Å². The lowest BCUT2D eigenvalue weighted by Gasteiger charge is -1.39. The maximum atomic E-state index is 8.81. The van der Waals surface area contributed by atoms with Gasteiger partial charge in [0.25, 0.3) is 0 Å². The maximum absolute atomic E-state index is 8.81. The molecule has 1 aromatic rings. The Labute approximate surface area is 53.0 Å². The van der Waals surface area contributed by atoms with Crippen molar-refractivity contribution in [2.24, 2.45) is 0 Å². The summed E-state index contributed by atoms with van der Waals surface area (Å²) in [6.07, 6.45) is 0.750. The Kier molecular flexibility index (Phi) is 5.87. The molecule has 44 valence electrons. The second-order valence-electron chi connectivity index (χ2n) is 1.03. The number of hydrogen-bond acceptors (Lipinski definition) is 2. The third kappa shape index (κ3) is 5.37. The minimum absolute atomic E-state index is 0.750. The molecular weight excluding hydrogens is 120 g/mol. The molecule has 0 aliphatic rings. The fraction of sp³-hybridized carbons (Fsp3) is 0.167. The Morgan fingerprint density at radius 2 is 1.75 bits per heavy atom. The van der Waals surface area contributed by atoms with Gasteiger partial charge in [0, 0.05) is 0 Å². The zero-order chi connectivity index (χ0) is 6.24. The van der Waals surface area contributed by atoms with E-state index in [0.717, 1.165) is 6.29 Å². The predicted molar refractivity (Wildman–Crippen MR) is 36.1 cm³/mol. The number of hydrogen-bond donors (Lipinski definition) is 0. The Bertz CT molecular complexity index is 94.9. The molecule has 1 nitrogen and oxygen atoms in total. The molecule has 1 rings (SSSR count). The molecule has 0 unspecified atom stereocenters. The smallest absolute Gasteiger partial charge is 0.116 e. The average Bonchev–Trinajstić information content (AvgIpc) is 2.17. The monoisotopic (exact) mass is 128 g/mol. The first kappa shape index (κ1) is 7.37. The molecule has 8 heavy (non-hydrogen) atoms. The topological polar surface area (TPSA) is 17.1 Å². The number of carbonyl (C=O) groups is 1. The van der Waals surface area contributed by atoms with Gasteiger partial charge in [0.15, 0.2) is 0 Å². The molecule has 0 aliphatic carbocycles. The highest BCUT2D eigenvalue weighted by Crippen LogP contribution is 1.91. The van der Waals surface area contributed by atoms with Crippen molar-refractivity contribution in [1.82, 2.24) is 0 Å². The first-order valence-electron chi connectivity index (χ1n) is 2.28. The van der Waals surface area contributed by atoms with E-state index >= 15 is 0 Å². The zero-order valence-corrected chi connectivity index (χ0v) is 5.52. The SMILES string of the molecule is CC=O.c1ccsc1. The molecule has 0 atom stereocenters. The lowest BCUT2D eigenvalue weighted by Crippen LogP contribution is -1.36. The minimum Gasteiger partial charge on any atom is -0.304 e. The maximum Gasteiger partial charge on any atom is 0.116 e. The van der Waals surface area contributed by atoms with Crippen LogP contribution in [0.25, 0.3) is 0 Å². The normalized spacial score (nSPS) is 6.62. The van der Waals surface area contributed by atoms with E-state index in [9.17, 15) is 0 Å². The summed E-state index contributed by atoms with van der Waals surface area (Å²) in [6, 6.07) is 4.04. The Balaban J connectivity index is 0.000000145. The number of thiophene rings is 1. The van der Waals surface area contributed by atoms with E-state index < -0.39 is 0 Å². The summed E-state index contributed by atoms with van der Waals surface area (Å²) in [4.78, 5) is 8.81. The van der Waals surface area contributed by atoms with Crippen molar-refractivity contribution in [1.29, 1.82) is 0 Å². The molecule has 0 aromatic carbocycles. The minimum atomic E-state index is 0.750. The lowest BCUT2D eigenvalue weighted by molar-refractivity contribution is -0.106. The Morgan fingerprint density at radius 1 is 1.38 bits per heavy atom. The van der Waals surface area contributed by atoms with Crippen LogP contribution in [0.1, 0.15) is 6.92 Å². The van der Waals surface area contributed by atoms with E-state index in [4.69, 9.17) is 4.79 Å². The summed E-state index contributed by atoms with van der Waals surface area (Å²) >= 11 is 1.71. The van der Waals surface area contributed by atoms with Gasteiger partial charge in [-0.25, -0.2) is 0 Å². The molecule has 0 spiro atoms. The van der Waals surface area contributed by atoms with Gasteiger partial charge in [-0.15, -0.1) is 0 Å². The van der Waals surface area contributed by atoms with Crippen LogP contribution >= 0.6 is 11.3 Å². The van der Waals surface area contributed by atoms with Gasteiger partial charge in [0.1, 0.15) is 6.29 Å². The van der Waals surface area contributed by atoms with Crippen LogP contribution in [-0.4, -0.2) is 6.29 Å². The summed E-state index contributed by atoms with van der Waals surface area (Å²) in [5.74, 6) is 0. The van der Waals surface area contributed by atoms with Crippen molar-refractivity contribution in [2.45, 2.75) is 6.92 Å². The summed E-state index contributed by atoms with van der Waals surface area (Å²) in [7, 11) is 0. The van der Waals surface area contributed by atoms with Gasteiger partial charge in [-0.2, -0.15) is 11.3 Å². The van der Waals surface area contributed by atoms with E-state index in [0.29, 0.717) is 0 Å². The highest BCUT2D eigenvalue weighted by atomic mass is 32.1. The quantitative estimate of drug-likeness (QED) is 0.488. The second kappa shape index (κ2) is 6.37. The van der Waals surface area contributed by atoms with Crippen molar-refractivity contribution in [3.8, 4) is 0 Å². The standard InChI is InChI=1S/C4H4S.C2H4O/c1-2-4-5-3-1;1-2-3/h1-4H;2H,1H3. The van der Waals surface area contributed by atoms with Crippen LogP contribution in [0, 0.1) is 0 Å². The summed E-state index contributed by atoms with van der Waals surface area (Å²) in [5, 5.41) is 4.08. The fourth-order valence-corrected chi connectivity index (χ4v) is 0.680. The molecular formula is C6H8OS. The van der Waals surface area contributed by atoms with Gasteiger partial charge >= 0.3 is 0 Å². The first-order chi connectivity index (χ1) is 3.91. The third-order valence-corrected chi connectivity index (χ3v) is 1.05. The lowest BCUT2D eigenvalue weighted by atomic mass is 10.7. The molecule has 0 saturated heterocycles. The Hall–Kier alpha value is -0.630. The van der Waals surface area contributed by atoms with E-state index in [-0.39, 0.29) is 0 Å². The van der Waals surface area contributed by atoms with E-state index in [2.05, 4.69) is 0 Å². The predicted octanol–water partition coefficient (Wildman–Crippen LogP) is 1.95. The van der Waals surface area contributed by atoms with E-state index in [1.54, 1.807) is 11.3 Å². The molecule has 0 aliphatic heterocycles. The van der Waals surface area contributed by atoms with Gasteiger partial charge in [-0.1, -0.05) is 12.1 Å². The van der Waals surface area contributed by atoms with Crippen molar-refractivity contribution in [3.05, 3.63) is 22.9 Å². The summed E-state index contributed by atoms with van der Waals surface area (Å²) in [5.41, 5.74) is 0. The van der Waals surface area contributed by atoms with Gasteiger partial charge < -0.3 is 4.79 Å². The molecule has 0 fully saturated rings. The average molecular weight is 128 g/mol. The molecule has 0 radical (unpaired) electrons. The number of carbonyl (C=O) groups excluding carboxylic acids is 1. The summed E-state index contributed by atoms with van der Waals surface area (Å²) in [6.45, 7) is 1.44. The van der Waals surface area contributed by atoms with Crippen LogP contribution in [0.5, 0.6) is 0 Å². The molecule has 2 heteroatoms. The first-order valence-corrected chi connectivity index (χ1v) is 3.23. The molecule has 0 saturated carbocycles. The highest BCUT2D eigenvalue weighted by Gasteiger charge is 1.58. The van der Waals surface area contributed by atoms with Crippen molar-refractivity contribution < 1.29 is 4.79 Å².